The molecule has 0 radical (unpaired) electrons. The van der Waals surface area contributed by atoms with Crippen molar-refractivity contribution in [2.24, 2.45) is 0 Å². The Labute approximate surface area is 159 Å². The molecule has 1 aliphatic rings. The van der Waals surface area contributed by atoms with Gasteiger partial charge in [-0.05, 0) is 23.6 Å². The van der Waals surface area contributed by atoms with Crippen LogP contribution in [0.25, 0.3) is 0 Å². The van der Waals surface area contributed by atoms with E-state index < -0.39 is 15.9 Å². The Hall–Kier alpha value is -2.67. The van der Waals surface area contributed by atoms with E-state index in [0.29, 0.717) is 18.7 Å². The molecule has 0 fully saturated rings. The molecule has 2 aromatic carbocycles. The smallest absolute Gasteiger partial charge is 0.255 e. The number of hydrogen-bond acceptors (Lipinski definition) is 4. The quantitative estimate of drug-likeness (QED) is 0.786. The molecule has 0 unspecified atom stereocenters. The number of hydrogen-bond donors (Lipinski definition) is 1. The Bertz CT molecular complexity index is 941. The second-order valence-corrected chi connectivity index (χ2v) is 8.99. The van der Waals surface area contributed by atoms with Gasteiger partial charge < -0.3 is 10.2 Å². The number of carbonyl (C=O) groups excluding carboxylic acids is 2. The van der Waals surface area contributed by atoms with E-state index in [1.54, 1.807) is 12.1 Å². The SMILES string of the molecule is CS(=O)(=O)CC[C@@H](C(=O)NCc1ccccc1)N1Cc2ccccc2C1=O. The van der Waals surface area contributed by atoms with Gasteiger partial charge in [0.15, 0.2) is 0 Å². The van der Waals surface area contributed by atoms with Gasteiger partial charge in [-0.25, -0.2) is 8.42 Å². The first-order valence-electron chi connectivity index (χ1n) is 8.73. The highest BCUT2D eigenvalue weighted by atomic mass is 32.2. The minimum Gasteiger partial charge on any atom is -0.350 e. The summed E-state index contributed by atoms with van der Waals surface area (Å²) in [4.78, 5) is 27.0. The Morgan fingerprint density at radius 2 is 1.78 bits per heavy atom. The topological polar surface area (TPSA) is 83.6 Å². The summed E-state index contributed by atoms with van der Waals surface area (Å²) >= 11 is 0. The van der Waals surface area contributed by atoms with Gasteiger partial charge in [0.1, 0.15) is 15.9 Å². The van der Waals surface area contributed by atoms with E-state index in [2.05, 4.69) is 5.32 Å². The van der Waals surface area contributed by atoms with Crippen molar-refractivity contribution in [1.29, 1.82) is 0 Å². The van der Waals surface area contributed by atoms with E-state index in [1.165, 1.54) is 4.90 Å². The van der Waals surface area contributed by atoms with Crippen LogP contribution in [-0.2, 0) is 27.7 Å². The number of amides is 2. The Kier molecular flexibility index (Phi) is 5.60. The van der Waals surface area contributed by atoms with Gasteiger partial charge in [0.05, 0.1) is 5.75 Å². The highest BCUT2D eigenvalue weighted by molar-refractivity contribution is 7.90. The van der Waals surface area contributed by atoms with E-state index >= 15 is 0 Å². The molecule has 0 bridgehead atoms. The molecule has 2 amide bonds. The minimum absolute atomic E-state index is 0.0686. The third kappa shape index (κ3) is 4.74. The average molecular weight is 386 g/mol. The van der Waals surface area contributed by atoms with Crippen molar-refractivity contribution in [3.63, 3.8) is 0 Å². The van der Waals surface area contributed by atoms with Gasteiger partial charge in [-0.15, -0.1) is 0 Å². The lowest BCUT2D eigenvalue weighted by Crippen LogP contribution is -2.47. The summed E-state index contributed by atoms with van der Waals surface area (Å²) in [5.74, 6) is -0.737. The second-order valence-electron chi connectivity index (χ2n) is 6.73. The second kappa shape index (κ2) is 7.92. The fourth-order valence-corrected chi connectivity index (χ4v) is 3.84. The van der Waals surface area contributed by atoms with Crippen LogP contribution in [0.15, 0.2) is 54.6 Å². The van der Waals surface area contributed by atoms with E-state index in [-0.39, 0.29) is 24.0 Å². The van der Waals surface area contributed by atoms with Gasteiger partial charge in [-0.2, -0.15) is 0 Å². The number of rotatable bonds is 7. The molecule has 2 aromatic rings. The van der Waals surface area contributed by atoms with Crippen LogP contribution in [0.1, 0.15) is 27.9 Å². The minimum atomic E-state index is -3.25. The number of sulfone groups is 1. The molecule has 6 nitrogen and oxygen atoms in total. The lowest BCUT2D eigenvalue weighted by molar-refractivity contribution is -0.126. The molecule has 7 heteroatoms. The van der Waals surface area contributed by atoms with Gasteiger partial charge in [-0.1, -0.05) is 48.5 Å². The Morgan fingerprint density at radius 1 is 1.11 bits per heavy atom. The molecule has 1 N–H and O–H groups in total. The third-order valence-electron chi connectivity index (χ3n) is 4.60. The summed E-state index contributed by atoms with van der Waals surface area (Å²) in [5, 5.41) is 2.83. The van der Waals surface area contributed by atoms with Crippen molar-refractivity contribution in [1.82, 2.24) is 10.2 Å². The first-order valence-corrected chi connectivity index (χ1v) is 10.8. The van der Waals surface area contributed by atoms with Crippen molar-refractivity contribution in [3.8, 4) is 0 Å². The van der Waals surface area contributed by atoms with E-state index in [0.717, 1.165) is 17.4 Å². The van der Waals surface area contributed by atoms with Crippen molar-refractivity contribution >= 4 is 21.7 Å². The number of nitrogens with zero attached hydrogens (tertiary/aromatic N) is 1. The maximum atomic E-state index is 12.8. The molecule has 0 spiro atoms. The average Bonchev–Trinajstić information content (AvgIpc) is 2.97. The maximum Gasteiger partial charge on any atom is 0.255 e. The van der Waals surface area contributed by atoms with Crippen molar-refractivity contribution in [2.45, 2.75) is 25.6 Å². The lowest BCUT2D eigenvalue weighted by atomic mass is 10.1. The molecular weight excluding hydrogens is 364 g/mol. The van der Waals surface area contributed by atoms with Gasteiger partial charge in [0.25, 0.3) is 5.91 Å². The molecule has 0 aliphatic carbocycles. The zero-order chi connectivity index (χ0) is 19.4. The lowest BCUT2D eigenvalue weighted by Gasteiger charge is -2.26. The van der Waals surface area contributed by atoms with Gasteiger partial charge in [-0.3, -0.25) is 9.59 Å². The molecule has 3 rings (SSSR count). The number of carbonyl (C=O) groups is 2. The standard InChI is InChI=1S/C20H22N2O4S/c1-27(25,26)12-11-18(19(23)21-13-15-7-3-2-4-8-15)22-14-16-9-5-6-10-17(16)20(22)24/h2-10,18H,11-14H2,1H3,(H,21,23)/t18-/m0/s1. The fraction of sp³-hybridized carbons (Fsp3) is 0.300. The van der Waals surface area contributed by atoms with Gasteiger partial charge in [0.2, 0.25) is 5.91 Å². The molecule has 1 atom stereocenters. The maximum absolute atomic E-state index is 12.8. The van der Waals surface area contributed by atoms with Gasteiger partial charge >= 0.3 is 0 Å². The summed E-state index contributed by atoms with van der Waals surface area (Å²) < 4.78 is 23.2. The number of nitrogens with one attached hydrogen (secondary N) is 1. The predicted molar refractivity (Wildman–Crippen MR) is 103 cm³/mol. The highest BCUT2D eigenvalue weighted by Crippen LogP contribution is 2.25. The third-order valence-corrected chi connectivity index (χ3v) is 5.58. The van der Waals surface area contributed by atoms with E-state index in [4.69, 9.17) is 0 Å². The van der Waals surface area contributed by atoms with Crippen molar-refractivity contribution in [3.05, 3.63) is 71.3 Å². The van der Waals surface area contributed by atoms with Crippen LogP contribution in [0, 0.1) is 0 Å². The predicted octanol–water partition coefficient (Wildman–Crippen LogP) is 1.76. The molecular formula is C20H22N2O4S. The summed E-state index contributed by atoms with van der Waals surface area (Å²) in [6.45, 7) is 0.631. The summed E-state index contributed by atoms with van der Waals surface area (Å²) in [7, 11) is -3.25. The van der Waals surface area contributed by atoms with Crippen LogP contribution in [0.3, 0.4) is 0 Å². The fourth-order valence-electron chi connectivity index (χ4n) is 3.19. The summed E-state index contributed by atoms with van der Waals surface area (Å²) in [6, 6.07) is 15.8. The number of benzene rings is 2. The zero-order valence-electron chi connectivity index (χ0n) is 15.1. The molecule has 1 aliphatic heterocycles. The van der Waals surface area contributed by atoms with E-state index in [9.17, 15) is 18.0 Å². The molecule has 142 valence electrons. The molecule has 27 heavy (non-hydrogen) atoms. The Balaban J connectivity index is 1.77. The van der Waals surface area contributed by atoms with Crippen LogP contribution in [0.2, 0.25) is 0 Å². The molecule has 0 saturated carbocycles. The van der Waals surface area contributed by atoms with Crippen LogP contribution >= 0.6 is 0 Å². The summed E-state index contributed by atoms with van der Waals surface area (Å²) in [6.07, 6.45) is 1.20. The first-order chi connectivity index (χ1) is 12.8. The van der Waals surface area contributed by atoms with Crippen LogP contribution < -0.4 is 5.32 Å². The Morgan fingerprint density at radius 3 is 2.44 bits per heavy atom. The van der Waals surface area contributed by atoms with E-state index in [1.807, 2.05) is 42.5 Å². The summed E-state index contributed by atoms with van der Waals surface area (Å²) in [5.41, 5.74) is 2.35. The monoisotopic (exact) mass is 386 g/mol. The van der Waals surface area contributed by atoms with Crippen LogP contribution in [0.5, 0.6) is 0 Å². The van der Waals surface area contributed by atoms with Crippen molar-refractivity contribution in [2.75, 3.05) is 12.0 Å². The largest absolute Gasteiger partial charge is 0.350 e. The molecule has 0 saturated heterocycles. The highest BCUT2D eigenvalue weighted by Gasteiger charge is 2.36. The van der Waals surface area contributed by atoms with Crippen molar-refractivity contribution < 1.29 is 18.0 Å². The van der Waals surface area contributed by atoms with Crippen LogP contribution in [0.4, 0.5) is 0 Å². The van der Waals surface area contributed by atoms with Crippen LogP contribution in [-0.4, -0.2) is 43.2 Å². The number of fused-ring (bicyclic) bond motifs is 1. The molecule has 1 heterocycles. The normalized spacial score (nSPS) is 14.7. The first kappa shape index (κ1) is 19.1. The zero-order valence-corrected chi connectivity index (χ0v) is 15.9. The molecule has 0 aromatic heterocycles. The van der Waals surface area contributed by atoms with Gasteiger partial charge in [0, 0.05) is 24.9 Å².